The summed E-state index contributed by atoms with van der Waals surface area (Å²) in [5.74, 6) is 0.754. The number of hydrogen-bond donors (Lipinski definition) is 0. The summed E-state index contributed by atoms with van der Waals surface area (Å²) in [6, 6.07) is 17.9. The van der Waals surface area contributed by atoms with E-state index in [0.29, 0.717) is 31.0 Å². The average Bonchev–Trinajstić information content (AvgIpc) is 2.72. The van der Waals surface area contributed by atoms with Crippen molar-refractivity contribution < 1.29 is 13.2 Å². The monoisotopic (exact) mass is 428 g/mol. The van der Waals surface area contributed by atoms with Crippen LogP contribution in [0.5, 0.6) is 0 Å². The van der Waals surface area contributed by atoms with E-state index in [-0.39, 0.29) is 5.91 Å². The lowest BCUT2D eigenvalue weighted by Crippen LogP contribution is -2.39. The molecule has 0 N–H and O–H groups in total. The highest BCUT2D eigenvalue weighted by Crippen LogP contribution is 2.23. The molecule has 1 aliphatic heterocycles. The number of carbonyl (C=O) groups is 1. The Balaban J connectivity index is 1.46. The molecule has 0 spiro atoms. The van der Waals surface area contributed by atoms with E-state index in [0.717, 1.165) is 37.9 Å². The molecule has 6 heteroatoms. The van der Waals surface area contributed by atoms with Gasteiger partial charge in [-0.3, -0.25) is 9.10 Å². The molecule has 0 saturated carbocycles. The first-order valence-corrected chi connectivity index (χ1v) is 12.5. The van der Waals surface area contributed by atoms with Crippen LogP contribution < -0.4 is 4.31 Å². The fourth-order valence-corrected chi connectivity index (χ4v) is 5.03. The highest BCUT2D eigenvalue weighted by Gasteiger charge is 2.23. The van der Waals surface area contributed by atoms with Gasteiger partial charge in [0.25, 0.3) is 0 Å². The zero-order chi connectivity index (χ0) is 21.6. The highest BCUT2D eigenvalue weighted by atomic mass is 32.2. The lowest BCUT2D eigenvalue weighted by molar-refractivity contribution is -0.132. The van der Waals surface area contributed by atoms with Gasteiger partial charge in [0.1, 0.15) is 0 Å². The zero-order valence-electron chi connectivity index (χ0n) is 18.0. The van der Waals surface area contributed by atoms with Gasteiger partial charge in [-0.1, -0.05) is 48.0 Å². The van der Waals surface area contributed by atoms with E-state index < -0.39 is 10.0 Å². The minimum absolute atomic E-state index is 0.130. The van der Waals surface area contributed by atoms with Gasteiger partial charge in [0.2, 0.25) is 15.9 Å². The second-order valence-electron chi connectivity index (χ2n) is 8.29. The van der Waals surface area contributed by atoms with Crippen molar-refractivity contribution in [1.82, 2.24) is 4.90 Å². The maximum atomic E-state index is 12.6. The number of hydrogen-bond acceptors (Lipinski definition) is 3. The second kappa shape index (κ2) is 10.1. The molecule has 0 unspecified atom stereocenters. The Morgan fingerprint density at radius 1 is 1.03 bits per heavy atom. The number of likely N-dealkylation sites (tertiary alicyclic amines) is 1. The van der Waals surface area contributed by atoms with E-state index in [1.54, 1.807) is 0 Å². The lowest BCUT2D eigenvalue weighted by atomic mass is 9.90. The Bertz CT molecular complexity index is 919. The van der Waals surface area contributed by atoms with Crippen molar-refractivity contribution in [2.24, 2.45) is 5.92 Å². The Labute approximate surface area is 180 Å². The molecule has 1 amide bonds. The summed E-state index contributed by atoms with van der Waals surface area (Å²) in [4.78, 5) is 14.6. The predicted octanol–water partition coefficient (Wildman–Crippen LogP) is 4.02. The summed E-state index contributed by atoms with van der Waals surface area (Å²) in [5.41, 5.74) is 3.09. The van der Waals surface area contributed by atoms with Crippen LogP contribution in [0.1, 0.15) is 36.8 Å². The smallest absolute Gasteiger partial charge is 0.232 e. The minimum atomic E-state index is -3.38. The Morgan fingerprint density at radius 3 is 2.27 bits per heavy atom. The molecular formula is C24H32N2O3S. The zero-order valence-corrected chi connectivity index (χ0v) is 18.8. The van der Waals surface area contributed by atoms with Gasteiger partial charge in [-0.05, 0) is 56.2 Å². The van der Waals surface area contributed by atoms with Crippen LogP contribution in [0.3, 0.4) is 0 Å². The molecule has 30 heavy (non-hydrogen) atoms. The number of amides is 1. The summed E-state index contributed by atoms with van der Waals surface area (Å²) >= 11 is 0. The van der Waals surface area contributed by atoms with Crippen molar-refractivity contribution >= 4 is 21.6 Å². The molecule has 1 heterocycles. The Kier molecular flexibility index (Phi) is 7.53. The van der Waals surface area contributed by atoms with Crippen LogP contribution in [-0.2, 0) is 21.2 Å². The summed E-state index contributed by atoms with van der Waals surface area (Å²) in [7, 11) is -3.38. The van der Waals surface area contributed by atoms with Crippen LogP contribution in [0.15, 0.2) is 54.6 Å². The number of benzene rings is 2. The van der Waals surface area contributed by atoms with Crippen LogP contribution in [-0.4, -0.2) is 45.1 Å². The number of carbonyl (C=O) groups excluding carboxylic acids is 1. The number of anilines is 1. The maximum Gasteiger partial charge on any atom is 0.232 e. The van der Waals surface area contributed by atoms with Gasteiger partial charge in [0, 0.05) is 26.1 Å². The summed E-state index contributed by atoms with van der Waals surface area (Å²) in [6.07, 6.45) is 5.23. The molecule has 1 aliphatic rings. The molecule has 0 atom stereocenters. The summed E-state index contributed by atoms with van der Waals surface area (Å²) in [5, 5.41) is 0. The first-order chi connectivity index (χ1) is 14.3. The molecule has 5 nitrogen and oxygen atoms in total. The molecule has 1 fully saturated rings. The molecule has 0 aromatic heterocycles. The predicted molar refractivity (Wildman–Crippen MR) is 122 cm³/mol. The fourth-order valence-electron chi connectivity index (χ4n) is 4.06. The first-order valence-electron chi connectivity index (χ1n) is 10.7. The second-order valence-corrected chi connectivity index (χ2v) is 10.2. The lowest BCUT2D eigenvalue weighted by Gasteiger charge is -2.32. The van der Waals surface area contributed by atoms with E-state index in [2.05, 4.69) is 24.3 Å². The van der Waals surface area contributed by atoms with E-state index >= 15 is 0 Å². The van der Waals surface area contributed by atoms with E-state index in [4.69, 9.17) is 0 Å². The Hall–Kier alpha value is -2.34. The van der Waals surface area contributed by atoms with Crippen molar-refractivity contribution in [1.29, 1.82) is 0 Å². The minimum Gasteiger partial charge on any atom is -0.343 e. The summed E-state index contributed by atoms with van der Waals surface area (Å²) in [6.45, 7) is 3.88. The van der Waals surface area contributed by atoms with E-state index in [1.807, 2.05) is 42.2 Å². The number of rotatable bonds is 8. The van der Waals surface area contributed by atoms with Gasteiger partial charge in [-0.15, -0.1) is 0 Å². The first kappa shape index (κ1) is 22.3. The number of aryl methyl sites for hydroxylation is 1. The van der Waals surface area contributed by atoms with Crippen molar-refractivity contribution in [3.63, 3.8) is 0 Å². The van der Waals surface area contributed by atoms with Gasteiger partial charge in [0.05, 0.1) is 11.9 Å². The van der Waals surface area contributed by atoms with Crippen LogP contribution in [0.2, 0.25) is 0 Å². The van der Waals surface area contributed by atoms with Crippen molar-refractivity contribution in [3.8, 4) is 0 Å². The van der Waals surface area contributed by atoms with Gasteiger partial charge in [-0.2, -0.15) is 0 Å². The van der Waals surface area contributed by atoms with E-state index in [9.17, 15) is 13.2 Å². The van der Waals surface area contributed by atoms with Crippen LogP contribution in [0, 0.1) is 12.8 Å². The van der Waals surface area contributed by atoms with Gasteiger partial charge >= 0.3 is 0 Å². The van der Waals surface area contributed by atoms with Gasteiger partial charge in [-0.25, -0.2) is 8.42 Å². The highest BCUT2D eigenvalue weighted by molar-refractivity contribution is 7.92. The third kappa shape index (κ3) is 6.33. The maximum absolute atomic E-state index is 12.6. The van der Waals surface area contributed by atoms with Crippen molar-refractivity contribution in [3.05, 3.63) is 65.7 Å². The molecule has 162 valence electrons. The molecule has 2 aromatic carbocycles. The van der Waals surface area contributed by atoms with Crippen LogP contribution in [0.4, 0.5) is 5.69 Å². The number of piperidine rings is 1. The third-order valence-corrected chi connectivity index (χ3v) is 7.00. The van der Waals surface area contributed by atoms with Crippen molar-refractivity contribution in [2.45, 2.75) is 39.0 Å². The number of sulfonamides is 1. The SMILES string of the molecule is Cc1ccc(N(CCCC(=O)N2CCC(Cc3ccccc3)CC2)S(C)(=O)=O)cc1. The molecule has 0 radical (unpaired) electrons. The van der Waals surface area contributed by atoms with Crippen LogP contribution in [0.25, 0.3) is 0 Å². The molecule has 0 aliphatic carbocycles. The topological polar surface area (TPSA) is 57.7 Å². The van der Waals surface area contributed by atoms with E-state index in [1.165, 1.54) is 16.1 Å². The third-order valence-electron chi connectivity index (χ3n) is 5.81. The van der Waals surface area contributed by atoms with Crippen LogP contribution >= 0.6 is 0 Å². The largest absolute Gasteiger partial charge is 0.343 e. The summed E-state index contributed by atoms with van der Waals surface area (Å²) < 4.78 is 25.8. The molecule has 3 rings (SSSR count). The number of nitrogens with zero attached hydrogens (tertiary/aromatic N) is 2. The average molecular weight is 429 g/mol. The molecule has 1 saturated heterocycles. The normalized spacial score (nSPS) is 15.2. The molecule has 2 aromatic rings. The van der Waals surface area contributed by atoms with Gasteiger partial charge < -0.3 is 4.90 Å². The Morgan fingerprint density at radius 2 is 1.67 bits per heavy atom. The van der Waals surface area contributed by atoms with Gasteiger partial charge in [0.15, 0.2) is 0 Å². The molecular weight excluding hydrogens is 396 g/mol. The fraction of sp³-hybridized carbons (Fsp3) is 0.458. The molecule has 0 bridgehead atoms. The quantitative estimate of drug-likeness (QED) is 0.638. The van der Waals surface area contributed by atoms with Crippen molar-refractivity contribution in [2.75, 3.05) is 30.2 Å². The standard InChI is InChI=1S/C24H32N2O3S/c1-20-10-12-23(13-11-20)26(30(2,28)29)16-6-9-24(27)25-17-14-22(15-18-25)19-21-7-4-3-5-8-21/h3-5,7-8,10-13,22H,6,9,14-19H2,1-2H3.